The minimum absolute atomic E-state index is 0.326. The van der Waals surface area contributed by atoms with E-state index in [2.05, 4.69) is 0 Å². The average molecular weight is 341 g/mol. The van der Waals surface area contributed by atoms with E-state index in [0.29, 0.717) is 28.0 Å². The summed E-state index contributed by atoms with van der Waals surface area (Å²) in [6, 6.07) is 11.0. The summed E-state index contributed by atoms with van der Waals surface area (Å²) in [6.45, 7) is 0.326. The molecular formula is C16H12Cl3NO. The molecule has 0 bridgehead atoms. The van der Waals surface area contributed by atoms with Crippen molar-refractivity contribution in [2.75, 3.05) is 0 Å². The number of fused-ring (bicyclic) bond motifs is 1. The molecule has 21 heavy (non-hydrogen) atoms. The summed E-state index contributed by atoms with van der Waals surface area (Å²) >= 11 is 18.3. The van der Waals surface area contributed by atoms with Crippen LogP contribution in [0, 0.1) is 0 Å². The van der Waals surface area contributed by atoms with Gasteiger partial charge in [0.2, 0.25) is 0 Å². The minimum atomic E-state index is 0.326. The van der Waals surface area contributed by atoms with Crippen molar-refractivity contribution in [2.45, 2.75) is 13.0 Å². The van der Waals surface area contributed by atoms with Gasteiger partial charge < -0.3 is 10.2 Å². The molecular weight excluding hydrogens is 329 g/mol. The van der Waals surface area contributed by atoms with E-state index < -0.39 is 0 Å². The van der Waals surface area contributed by atoms with Crippen LogP contribution in [0.4, 0.5) is 0 Å². The van der Waals surface area contributed by atoms with E-state index in [1.54, 1.807) is 12.1 Å². The second kappa shape index (κ2) is 5.90. The fourth-order valence-electron chi connectivity index (χ4n) is 2.39. The standard InChI is InChI=1S/C16H12Cl3NO/c17-10-3-4-15-13(6-10)12(16(8-20)21-15)5-9-1-2-11(18)7-14(9)19/h1-4,6-7H,5,8,20H2. The van der Waals surface area contributed by atoms with Crippen LogP contribution in [0.5, 0.6) is 0 Å². The Balaban J connectivity index is 2.12. The summed E-state index contributed by atoms with van der Waals surface area (Å²) in [5, 5.41) is 2.87. The Bertz CT molecular complexity index is 811. The molecule has 2 aromatic carbocycles. The van der Waals surface area contributed by atoms with Crippen molar-refractivity contribution >= 4 is 45.8 Å². The van der Waals surface area contributed by atoms with Gasteiger partial charge in [0.15, 0.2) is 0 Å². The van der Waals surface area contributed by atoms with Crippen LogP contribution in [0.25, 0.3) is 11.0 Å². The summed E-state index contributed by atoms with van der Waals surface area (Å²) in [6.07, 6.45) is 0.621. The normalized spacial score (nSPS) is 11.2. The molecule has 0 radical (unpaired) electrons. The van der Waals surface area contributed by atoms with Gasteiger partial charge in [0, 0.05) is 32.4 Å². The third-order valence-electron chi connectivity index (χ3n) is 3.40. The van der Waals surface area contributed by atoms with Crippen molar-refractivity contribution in [3.05, 3.63) is 68.4 Å². The predicted molar refractivity (Wildman–Crippen MR) is 88.4 cm³/mol. The number of hydrogen-bond donors (Lipinski definition) is 1. The fraction of sp³-hybridized carbons (Fsp3) is 0.125. The Hall–Kier alpha value is -1.19. The molecule has 5 heteroatoms. The number of halogens is 3. The average Bonchev–Trinajstić information content (AvgIpc) is 2.79. The maximum atomic E-state index is 6.25. The Morgan fingerprint density at radius 3 is 2.38 bits per heavy atom. The van der Waals surface area contributed by atoms with Crippen molar-refractivity contribution in [3.8, 4) is 0 Å². The summed E-state index contributed by atoms with van der Waals surface area (Å²) in [5.74, 6) is 0.748. The number of nitrogens with two attached hydrogens (primary N) is 1. The molecule has 1 aromatic heterocycles. The van der Waals surface area contributed by atoms with Crippen LogP contribution in [0.1, 0.15) is 16.9 Å². The lowest BCUT2D eigenvalue weighted by molar-refractivity contribution is 0.547. The maximum absolute atomic E-state index is 6.25. The Morgan fingerprint density at radius 1 is 0.952 bits per heavy atom. The zero-order chi connectivity index (χ0) is 15.0. The van der Waals surface area contributed by atoms with Gasteiger partial charge in [0.25, 0.3) is 0 Å². The van der Waals surface area contributed by atoms with Crippen LogP contribution in [0.15, 0.2) is 40.8 Å². The highest BCUT2D eigenvalue weighted by Gasteiger charge is 2.15. The van der Waals surface area contributed by atoms with Gasteiger partial charge in [-0.3, -0.25) is 0 Å². The van der Waals surface area contributed by atoms with E-state index in [0.717, 1.165) is 27.9 Å². The molecule has 0 unspecified atom stereocenters. The van der Waals surface area contributed by atoms with Crippen molar-refractivity contribution in [2.24, 2.45) is 5.73 Å². The van der Waals surface area contributed by atoms with E-state index in [1.165, 1.54) is 0 Å². The van der Waals surface area contributed by atoms with E-state index in [-0.39, 0.29) is 0 Å². The zero-order valence-electron chi connectivity index (χ0n) is 11.0. The van der Waals surface area contributed by atoms with Crippen LogP contribution in [0.3, 0.4) is 0 Å². The van der Waals surface area contributed by atoms with Crippen molar-refractivity contribution in [1.29, 1.82) is 0 Å². The molecule has 0 amide bonds. The van der Waals surface area contributed by atoms with Crippen molar-refractivity contribution in [3.63, 3.8) is 0 Å². The van der Waals surface area contributed by atoms with Gasteiger partial charge >= 0.3 is 0 Å². The summed E-state index contributed by atoms with van der Waals surface area (Å²) in [7, 11) is 0. The highest BCUT2D eigenvalue weighted by Crippen LogP contribution is 2.32. The second-order valence-corrected chi connectivity index (χ2v) is 6.04. The molecule has 0 aliphatic rings. The third-order valence-corrected chi connectivity index (χ3v) is 4.23. The monoisotopic (exact) mass is 339 g/mol. The van der Waals surface area contributed by atoms with Gasteiger partial charge in [0.05, 0.1) is 6.54 Å². The number of furan rings is 1. The molecule has 0 fully saturated rings. The predicted octanol–water partition coefficient (Wildman–Crippen LogP) is 5.44. The molecule has 2 N–H and O–H groups in total. The van der Waals surface area contributed by atoms with E-state index in [9.17, 15) is 0 Å². The van der Waals surface area contributed by atoms with Gasteiger partial charge in [-0.15, -0.1) is 0 Å². The molecule has 0 saturated heterocycles. The Kier molecular flexibility index (Phi) is 4.14. The lowest BCUT2D eigenvalue weighted by Crippen LogP contribution is -1.99. The highest BCUT2D eigenvalue weighted by molar-refractivity contribution is 6.35. The number of rotatable bonds is 3. The molecule has 108 valence electrons. The molecule has 0 atom stereocenters. The summed E-state index contributed by atoms with van der Waals surface area (Å²) in [5.41, 5.74) is 8.55. The maximum Gasteiger partial charge on any atom is 0.134 e. The summed E-state index contributed by atoms with van der Waals surface area (Å²) < 4.78 is 5.79. The lowest BCUT2D eigenvalue weighted by atomic mass is 10.0. The first-order valence-electron chi connectivity index (χ1n) is 6.42. The first kappa shape index (κ1) is 14.7. The minimum Gasteiger partial charge on any atom is -0.459 e. The number of benzene rings is 2. The topological polar surface area (TPSA) is 39.2 Å². The van der Waals surface area contributed by atoms with Crippen LogP contribution in [-0.4, -0.2) is 0 Å². The molecule has 3 rings (SSSR count). The Morgan fingerprint density at radius 2 is 1.67 bits per heavy atom. The third kappa shape index (κ3) is 2.90. The van der Waals surface area contributed by atoms with Crippen LogP contribution in [0.2, 0.25) is 15.1 Å². The van der Waals surface area contributed by atoms with Crippen LogP contribution < -0.4 is 5.73 Å². The zero-order valence-corrected chi connectivity index (χ0v) is 13.3. The van der Waals surface area contributed by atoms with Gasteiger partial charge in [-0.05, 0) is 35.9 Å². The van der Waals surface area contributed by atoms with E-state index >= 15 is 0 Å². The smallest absolute Gasteiger partial charge is 0.134 e. The molecule has 1 heterocycles. The highest BCUT2D eigenvalue weighted by atomic mass is 35.5. The SMILES string of the molecule is NCc1oc2ccc(Cl)cc2c1Cc1ccc(Cl)cc1Cl. The van der Waals surface area contributed by atoms with Crippen molar-refractivity contribution in [1.82, 2.24) is 0 Å². The van der Waals surface area contributed by atoms with Gasteiger partial charge in [-0.25, -0.2) is 0 Å². The number of hydrogen-bond acceptors (Lipinski definition) is 2. The van der Waals surface area contributed by atoms with Crippen molar-refractivity contribution < 1.29 is 4.42 Å². The van der Waals surface area contributed by atoms with Gasteiger partial charge in [-0.1, -0.05) is 40.9 Å². The quantitative estimate of drug-likeness (QED) is 0.689. The summed E-state index contributed by atoms with van der Waals surface area (Å²) in [4.78, 5) is 0. The molecule has 0 aliphatic carbocycles. The van der Waals surface area contributed by atoms with E-state index in [1.807, 2.05) is 24.3 Å². The van der Waals surface area contributed by atoms with Crippen LogP contribution in [-0.2, 0) is 13.0 Å². The molecule has 0 spiro atoms. The molecule has 0 aliphatic heterocycles. The van der Waals surface area contributed by atoms with Crippen LogP contribution >= 0.6 is 34.8 Å². The van der Waals surface area contributed by atoms with E-state index in [4.69, 9.17) is 45.0 Å². The van der Waals surface area contributed by atoms with Gasteiger partial charge in [-0.2, -0.15) is 0 Å². The lowest BCUT2D eigenvalue weighted by Gasteiger charge is -2.05. The van der Waals surface area contributed by atoms with Gasteiger partial charge in [0.1, 0.15) is 11.3 Å². The molecule has 2 nitrogen and oxygen atoms in total. The first-order valence-corrected chi connectivity index (χ1v) is 7.55. The first-order chi connectivity index (χ1) is 10.1. The molecule has 3 aromatic rings. The second-order valence-electron chi connectivity index (χ2n) is 4.76. The largest absolute Gasteiger partial charge is 0.459 e. The fourth-order valence-corrected chi connectivity index (χ4v) is 3.03. The Labute approximate surface area is 137 Å². The molecule has 0 saturated carbocycles.